The minimum Gasteiger partial charge on any atom is -0.395 e. The van der Waals surface area contributed by atoms with Crippen molar-refractivity contribution in [1.82, 2.24) is 5.32 Å². The number of thioether (sulfide) groups is 1. The van der Waals surface area contributed by atoms with Gasteiger partial charge >= 0.3 is 0 Å². The molecule has 2 nitrogen and oxygen atoms in total. The van der Waals surface area contributed by atoms with Gasteiger partial charge in [0, 0.05) is 17.8 Å². The number of rotatable bonds is 4. The first-order valence-electron chi connectivity index (χ1n) is 4.75. The molecule has 2 unspecified atom stereocenters. The van der Waals surface area contributed by atoms with Crippen LogP contribution in [0.4, 0.5) is 0 Å². The van der Waals surface area contributed by atoms with Gasteiger partial charge in [0.2, 0.25) is 0 Å². The van der Waals surface area contributed by atoms with E-state index in [-0.39, 0.29) is 6.61 Å². The monoisotopic (exact) mass is 189 g/mol. The van der Waals surface area contributed by atoms with Gasteiger partial charge in [-0.25, -0.2) is 0 Å². The molecule has 1 fully saturated rings. The summed E-state index contributed by atoms with van der Waals surface area (Å²) in [5.74, 6) is 0. The van der Waals surface area contributed by atoms with E-state index in [1.54, 1.807) is 0 Å². The van der Waals surface area contributed by atoms with Gasteiger partial charge in [0.25, 0.3) is 0 Å². The summed E-state index contributed by atoms with van der Waals surface area (Å²) in [6.07, 6.45) is 7.53. The van der Waals surface area contributed by atoms with Crippen LogP contribution in [-0.4, -0.2) is 35.8 Å². The Bertz CT molecular complexity index is 121. The van der Waals surface area contributed by atoms with Gasteiger partial charge in [-0.15, -0.1) is 0 Å². The van der Waals surface area contributed by atoms with Crippen LogP contribution >= 0.6 is 11.8 Å². The summed E-state index contributed by atoms with van der Waals surface area (Å²) in [6, 6.07) is 0.640. The predicted molar refractivity (Wildman–Crippen MR) is 54.6 cm³/mol. The smallest absolute Gasteiger partial charge is 0.0556 e. The highest BCUT2D eigenvalue weighted by molar-refractivity contribution is 7.99. The average Bonchev–Trinajstić information content (AvgIpc) is 2.15. The highest BCUT2D eigenvalue weighted by atomic mass is 32.2. The SMILES string of the molecule is CSC1CCCCC1NCCO. The molecule has 0 aromatic carbocycles. The van der Waals surface area contributed by atoms with E-state index in [1.807, 2.05) is 11.8 Å². The molecule has 3 heteroatoms. The van der Waals surface area contributed by atoms with Gasteiger partial charge in [0.15, 0.2) is 0 Å². The van der Waals surface area contributed by atoms with Crippen molar-refractivity contribution in [1.29, 1.82) is 0 Å². The van der Waals surface area contributed by atoms with E-state index in [0.29, 0.717) is 6.04 Å². The molecule has 0 spiro atoms. The molecule has 0 aliphatic heterocycles. The Morgan fingerprint density at radius 1 is 1.42 bits per heavy atom. The minimum atomic E-state index is 0.262. The maximum atomic E-state index is 8.69. The standard InChI is InChI=1S/C9H19NOS/c1-12-9-5-3-2-4-8(9)10-6-7-11/h8-11H,2-7H2,1H3. The summed E-state index contributed by atoms with van der Waals surface area (Å²) in [5, 5.41) is 12.9. The number of aliphatic hydroxyl groups excluding tert-OH is 1. The summed E-state index contributed by atoms with van der Waals surface area (Å²) in [5.41, 5.74) is 0. The molecule has 2 atom stereocenters. The second-order valence-electron chi connectivity index (χ2n) is 3.34. The Morgan fingerprint density at radius 2 is 2.17 bits per heavy atom. The fourth-order valence-electron chi connectivity index (χ4n) is 1.86. The quantitative estimate of drug-likeness (QED) is 0.698. The van der Waals surface area contributed by atoms with Gasteiger partial charge in [-0.3, -0.25) is 0 Å². The van der Waals surface area contributed by atoms with Crippen LogP contribution in [0.2, 0.25) is 0 Å². The molecule has 0 amide bonds. The normalized spacial score (nSPS) is 30.5. The lowest BCUT2D eigenvalue weighted by Crippen LogP contribution is -2.41. The van der Waals surface area contributed by atoms with Crippen LogP contribution in [0.25, 0.3) is 0 Å². The molecule has 12 heavy (non-hydrogen) atoms. The van der Waals surface area contributed by atoms with Crippen molar-refractivity contribution in [2.24, 2.45) is 0 Å². The van der Waals surface area contributed by atoms with E-state index in [9.17, 15) is 0 Å². The van der Waals surface area contributed by atoms with E-state index in [4.69, 9.17) is 5.11 Å². The maximum absolute atomic E-state index is 8.69. The minimum absolute atomic E-state index is 0.262. The molecule has 1 rings (SSSR count). The van der Waals surface area contributed by atoms with Crippen LogP contribution in [0.5, 0.6) is 0 Å². The third-order valence-electron chi connectivity index (χ3n) is 2.52. The fourth-order valence-corrected chi connectivity index (χ4v) is 2.83. The first kappa shape index (κ1) is 10.4. The Balaban J connectivity index is 2.26. The van der Waals surface area contributed by atoms with Crippen molar-refractivity contribution in [3.8, 4) is 0 Å². The summed E-state index contributed by atoms with van der Waals surface area (Å²) >= 11 is 1.96. The van der Waals surface area contributed by atoms with E-state index in [0.717, 1.165) is 11.8 Å². The van der Waals surface area contributed by atoms with Crippen LogP contribution in [0.15, 0.2) is 0 Å². The first-order valence-corrected chi connectivity index (χ1v) is 6.04. The van der Waals surface area contributed by atoms with Crippen LogP contribution < -0.4 is 5.32 Å². The molecule has 72 valence electrons. The molecule has 2 N–H and O–H groups in total. The lowest BCUT2D eigenvalue weighted by atomic mass is 9.95. The lowest BCUT2D eigenvalue weighted by molar-refractivity contribution is 0.273. The second-order valence-corrected chi connectivity index (χ2v) is 4.42. The highest BCUT2D eigenvalue weighted by Gasteiger charge is 2.22. The second kappa shape index (κ2) is 5.84. The van der Waals surface area contributed by atoms with Gasteiger partial charge in [0.1, 0.15) is 0 Å². The van der Waals surface area contributed by atoms with Crippen molar-refractivity contribution in [3.05, 3.63) is 0 Å². The van der Waals surface area contributed by atoms with Gasteiger partial charge < -0.3 is 10.4 Å². The van der Waals surface area contributed by atoms with E-state index in [2.05, 4.69) is 11.6 Å². The summed E-state index contributed by atoms with van der Waals surface area (Å²) in [4.78, 5) is 0. The number of hydrogen-bond acceptors (Lipinski definition) is 3. The van der Waals surface area contributed by atoms with E-state index >= 15 is 0 Å². The number of nitrogens with one attached hydrogen (secondary N) is 1. The number of hydrogen-bond donors (Lipinski definition) is 2. The summed E-state index contributed by atoms with van der Waals surface area (Å²) in [7, 11) is 0. The molecule has 0 aromatic heterocycles. The fraction of sp³-hybridized carbons (Fsp3) is 1.00. The Labute approximate surface area is 79.1 Å². The van der Waals surface area contributed by atoms with Crippen molar-refractivity contribution < 1.29 is 5.11 Å². The topological polar surface area (TPSA) is 32.3 Å². The van der Waals surface area contributed by atoms with Crippen molar-refractivity contribution >= 4 is 11.8 Å². The molecule has 0 bridgehead atoms. The molecular formula is C9H19NOS. The van der Waals surface area contributed by atoms with Gasteiger partial charge in [-0.05, 0) is 19.1 Å². The molecule has 1 aliphatic rings. The zero-order valence-electron chi connectivity index (χ0n) is 7.75. The maximum Gasteiger partial charge on any atom is 0.0556 e. The molecule has 0 heterocycles. The predicted octanol–water partition coefficient (Wildman–Crippen LogP) is 1.24. The Kier molecular flexibility index (Phi) is 5.04. The summed E-state index contributed by atoms with van der Waals surface area (Å²) < 4.78 is 0. The zero-order valence-corrected chi connectivity index (χ0v) is 8.57. The van der Waals surface area contributed by atoms with Gasteiger partial charge in [0.05, 0.1) is 6.61 Å². The van der Waals surface area contributed by atoms with Crippen LogP contribution in [0.3, 0.4) is 0 Å². The third kappa shape index (κ3) is 2.96. The van der Waals surface area contributed by atoms with Gasteiger partial charge in [-0.2, -0.15) is 11.8 Å². The van der Waals surface area contributed by atoms with Crippen LogP contribution in [-0.2, 0) is 0 Å². The summed E-state index contributed by atoms with van der Waals surface area (Å²) in [6.45, 7) is 1.01. The third-order valence-corrected chi connectivity index (χ3v) is 3.69. The average molecular weight is 189 g/mol. The van der Waals surface area contributed by atoms with Crippen molar-refractivity contribution in [2.75, 3.05) is 19.4 Å². The Morgan fingerprint density at radius 3 is 2.83 bits per heavy atom. The highest BCUT2D eigenvalue weighted by Crippen LogP contribution is 2.26. The molecule has 0 radical (unpaired) electrons. The molecular weight excluding hydrogens is 170 g/mol. The van der Waals surface area contributed by atoms with Gasteiger partial charge in [-0.1, -0.05) is 12.8 Å². The van der Waals surface area contributed by atoms with Crippen LogP contribution in [0, 0.1) is 0 Å². The Hall–Kier alpha value is 0.270. The largest absolute Gasteiger partial charge is 0.395 e. The van der Waals surface area contributed by atoms with E-state index in [1.165, 1.54) is 25.7 Å². The lowest BCUT2D eigenvalue weighted by Gasteiger charge is -2.30. The van der Waals surface area contributed by atoms with Crippen LogP contribution in [0.1, 0.15) is 25.7 Å². The molecule has 0 saturated heterocycles. The zero-order chi connectivity index (χ0) is 8.81. The number of aliphatic hydroxyl groups is 1. The van der Waals surface area contributed by atoms with E-state index < -0.39 is 0 Å². The molecule has 0 aromatic rings. The van der Waals surface area contributed by atoms with Crippen molar-refractivity contribution in [2.45, 2.75) is 37.0 Å². The first-order chi connectivity index (χ1) is 5.88. The van der Waals surface area contributed by atoms with Crippen molar-refractivity contribution in [3.63, 3.8) is 0 Å². The molecule has 1 aliphatic carbocycles. The molecule has 1 saturated carbocycles.